The van der Waals surface area contributed by atoms with Crippen molar-refractivity contribution >= 4 is 23.3 Å². The first-order valence-electron chi connectivity index (χ1n) is 9.84. The number of benzene rings is 2. The summed E-state index contributed by atoms with van der Waals surface area (Å²) in [5.74, 6) is -0.127. The summed E-state index contributed by atoms with van der Waals surface area (Å²) in [7, 11) is 0. The molecule has 2 heterocycles. The summed E-state index contributed by atoms with van der Waals surface area (Å²) >= 11 is 0. The molecule has 1 aliphatic rings. The smallest absolute Gasteiger partial charge is 0.259 e. The summed E-state index contributed by atoms with van der Waals surface area (Å²) in [6.45, 7) is 3.05. The van der Waals surface area contributed by atoms with Crippen LogP contribution in [0.2, 0.25) is 0 Å². The molecule has 0 saturated carbocycles. The van der Waals surface area contributed by atoms with Crippen LogP contribution in [-0.4, -0.2) is 47.9 Å². The number of nitrogens with one attached hydrogen (secondary N) is 2. The van der Waals surface area contributed by atoms with Gasteiger partial charge in [-0.3, -0.25) is 9.59 Å². The van der Waals surface area contributed by atoms with Crippen LogP contribution in [0.3, 0.4) is 0 Å². The lowest BCUT2D eigenvalue weighted by Gasteiger charge is -2.27. The van der Waals surface area contributed by atoms with Gasteiger partial charge in [0, 0.05) is 49.2 Å². The zero-order valence-corrected chi connectivity index (χ0v) is 16.5. The fourth-order valence-electron chi connectivity index (χ4n) is 3.39. The molecule has 30 heavy (non-hydrogen) atoms. The molecule has 1 fully saturated rings. The summed E-state index contributed by atoms with van der Waals surface area (Å²) < 4.78 is 0. The minimum atomic E-state index is -0.321. The minimum absolute atomic E-state index is 0.0291. The second-order valence-corrected chi connectivity index (χ2v) is 7.10. The van der Waals surface area contributed by atoms with Gasteiger partial charge in [0.1, 0.15) is 5.82 Å². The van der Waals surface area contributed by atoms with Gasteiger partial charge in [-0.05, 0) is 35.9 Å². The Labute approximate surface area is 174 Å². The molecule has 2 aromatic carbocycles. The molecule has 2 amide bonds. The third-order valence-corrected chi connectivity index (χ3v) is 5.06. The highest BCUT2D eigenvalue weighted by atomic mass is 16.2. The number of aromatic nitrogens is 1. The number of carbonyl (C=O) groups is 2. The molecular weight excluding hydrogens is 378 g/mol. The van der Waals surface area contributed by atoms with Crippen molar-refractivity contribution in [3.63, 3.8) is 0 Å². The topological polar surface area (TPSA) is 100 Å². The van der Waals surface area contributed by atoms with Crippen molar-refractivity contribution in [2.75, 3.05) is 37.2 Å². The summed E-state index contributed by atoms with van der Waals surface area (Å²) in [6, 6.07) is 18.2. The molecule has 4 N–H and O–H groups in total. The highest BCUT2D eigenvalue weighted by Crippen LogP contribution is 2.24. The number of nitrogen functional groups attached to an aromatic ring is 1. The van der Waals surface area contributed by atoms with Gasteiger partial charge in [-0.1, -0.05) is 30.3 Å². The summed E-state index contributed by atoms with van der Waals surface area (Å²) in [5, 5.41) is 6.07. The molecule has 4 rings (SSSR count). The Bertz CT molecular complexity index is 1040. The third-order valence-electron chi connectivity index (χ3n) is 5.06. The van der Waals surface area contributed by atoms with Gasteiger partial charge in [-0.15, -0.1) is 0 Å². The van der Waals surface area contributed by atoms with Gasteiger partial charge in [0.25, 0.3) is 11.8 Å². The van der Waals surface area contributed by atoms with Crippen LogP contribution in [0.5, 0.6) is 0 Å². The number of pyridine rings is 1. The third kappa shape index (κ3) is 4.31. The van der Waals surface area contributed by atoms with E-state index in [1.54, 1.807) is 36.5 Å². The van der Waals surface area contributed by atoms with E-state index >= 15 is 0 Å². The normalized spacial score (nSPS) is 13.7. The van der Waals surface area contributed by atoms with Gasteiger partial charge in [0.2, 0.25) is 0 Å². The number of hydrogen-bond acceptors (Lipinski definition) is 5. The average Bonchev–Trinajstić information content (AvgIpc) is 2.80. The van der Waals surface area contributed by atoms with Gasteiger partial charge in [0.15, 0.2) is 0 Å². The number of para-hydroxylation sites is 1. The quantitative estimate of drug-likeness (QED) is 0.624. The number of nitrogens with two attached hydrogens (primary N) is 1. The predicted molar refractivity (Wildman–Crippen MR) is 117 cm³/mol. The highest BCUT2D eigenvalue weighted by molar-refractivity contribution is 6.07. The summed E-state index contributed by atoms with van der Waals surface area (Å²) in [4.78, 5) is 31.3. The van der Waals surface area contributed by atoms with Crippen LogP contribution < -0.4 is 16.4 Å². The Morgan fingerprint density at radius 3 is 2.37 bits per heavy atom. The van der Waals surface area contributed by atoms with Gasteiger partial charge in [-0.25, -0.2) is 4.98 Å². The van der Waals surface area contributed by atoms with Crippen LogP contribution in [-0.2, 0) is 0 Å². The van der Waals surface area contributed by atoms with Gasteiger partial charge in [0.05, 0.1) is 5.56 Å². The van der Waals surface area contributed by atoms with Crippen LogP contribution in [0, 0.1) is 0 Å². The molecule has 0 unspecified atom stereocenters. The van der Waals surface area contributed by atoms with E-state index in [-0.39, 0.29) is 17.6 Å². The molecule has 0 bridgehead atoms. The molecule has 0 atom stereocenters. The van der Waals surface area contributed by atoms with E-state index in [9.17, 15) is 9.59 Å². The largest absolute Gasteiger partial charge is 0.383 e. The van der Waals surface area contributed by atoms with E-state index in [1.807, 2.05) is 35.2 Å². The SMILES string of the molecule is Nc1ncc(-c2ccc(C(=O)N3CCNCC3)cc2)cc1C(=O)Nc1ccccc1. The average molecular weight is 401 g/mol. The fourth-order valence-corrected chi connectivity index (χ4v) is 3.39. The van der Waals surface area contributed by atoms with Crippen LogP contribution in [0.25, 0.3) is 11.1 Å². The lowest BCUT2D eigenvalue weighted by Crippen LogP contribution is -2.46. The molecule has 7 heteroatoms. The maximum absolute atomic E-state index is 12.7. The van der Waals surface area contributed by atoms with Crippen molar-refractivity contribution in [1.29, 1.82) is 0 Å². The lowest BCUT2D eigenvalue weighted by atomic mass is 10.0. The Morgan fingerprint density at radius 2 is 1.67 bits per heavy atom. The molecule has 1 saturated heterocycles. The maximum Gasteiger partial charge on any atom is 0.259 e. The van der Waals surface area contributed by atoms with E-state index in [1.165, 1.54) is 0 Å². The molecule has 1 aliphatic heterocycles. The molecule has 0 aliphatic carbocycles. The Balaban J connectivity index is 1.53. The molecule has 0 spiro atoms. The van der Waals surface area contributed by atoms with E-state index < -0.39 is 0 Å². The molecule has 152 valence electrons. The molecule has 0 radical (unpaired) electrons. The van der Waals surface area contributed by atoms with Gasteiger partial charge < -0.3 is 21.3 Å². The molecule has 3 aromatic rings. The Kier molecular flexibility index (Phi) is 5.72. The van der Waals surface area contributed by atoms with Gasteiger partial charge >= 0.3 is 0 Å². The van der Waals surface area contributed by atoms with Gasteiger partial charge in [-0.2, -0.15) is 0 Å². The first-order valence-corrected chi connectivity index (χ1v) is 9.84. The standard InChI is InChI=1S/C23H23N5O2/c24-21-20(22(29)27-19-4-2-1-3-5-19)14-18(15-26-21)16-6-8-17(9-7-16)23(30)28-12-10-25-11-13-28/h1-9,14-15,25H,10-13H2,(H2,24,26)(H,27,29). The predicted octanol–water partition coefficient (Wildman–Crippen LogP) is 2.63. The molecule has 7 nitrogen and oxygen atoms in total. The summed E-state index contributed by atoms with van der Waals surface area (Å²) in [5.41, 5.74) is 9.18. The van der Waals surface area contributed by atoms with Crippen LogP contribution in [0.1, 0.15) is 20.7 Å². The number of piperazine rings is 1. The maximum atomic E-state index is 12.7. The van der Waals surface area contributed by atoms with Crippen LogP contribution in [0.4, 0.5) is 11.5 Å². The first-order chi connectivity index (χ1) is 14.6. The van der Waals surface area contributed by atoms with Crippen molar-refractivity contribution < 1.29 is 9.59 Å². The highest BCUT2D eigenvalue weighted by Gasteiger charge is 2.18. The zero-order chi connectivity index (χ0) is 20.9. The van der Waals surface area contributed by atoms with E-state index in [0.717, 1.165) is 24.2 Å². The van der Waals surface area contributed by atoms with Crippen molar-refractivity contribution in [2.24, 2.45) is 0 Å². The van der Waals surface area contributed by atoms with E-state index in [4.69, 9.17) is 5.73 Å². The molecular formula is C23H23N5O2. The monoisotopic (exact) mass is 401 g/mol. The Hall–Kier alpha value is -3.71. The van der Waals surface area contributed by atoms with Crippen molar-refractivity contribution in [3.05, 3.63) is 78.0 Å². The Morgan fingerprint density at radius 1 is 0.967 bits per heavy atom. The van der Waals surface area contributed by atoms with E-state index in [0.29, 0.717) is 29.9 Å². The van der Waals surface area contributed by atoms with Crippen LogP contribution in [0.15, 0.2) is 66.9 Å². The van der Waals surface area contributed by atoms with Crippen LogP contribution >= 0.6 is 0 Å². The number of anilines is 2. The number of carbonyl (C=O) groups excluding carboxylic acids is 2. The first kappa shape index (κ1) is 19.6. The fraction of sp³-hybridized carbons (Fsp3) is 0.174. The van der Waals surface area contributed by atoms with Crippen molar-refractivity contribution in [3.8, 4) is 11.1 Å². The number of nitrogens with zero attached hydrogens (tertiary/aromatic N) is 2. The number of amides is 2. The molecule has 1 aromatic heterocycles. The lowest BCUT2D eigenvalue weighted by molar-refractivity contribution is 0.0735. The van der Waals surface area contributed by atoms with E-state index in [2.05, 4.69) is 15.6 Å². The van der Waals surface area contributed by atoms with Crippen molar-refractivity contribution in [1.82, 2.24) is 15.2 Å². The number of rotatable bonds is 4. The van der Waals surface area contributed by atoms with Crippen molar-refractivity contribution in [2.45, 2.75) is 0 Å². The number of hydrogen-bond donors (Lipinski definition) is 3. The second kappa shape index (κ2) is 8.75. The second-order valence-electron chi connectivity index (χ2n) is 7.10. The summed E-state index contributed by atoms with van der Waals surface area (Å²) in [6.07, 6.45) is 1.63. The minimum Gasteiger partial charge on any atom is -0.383 e. The zero-order valence-electron chi connectivity index (χ0n) is 16.5.